The van der Waals surface area contributed by atoms with E-state index in [1.807, 2.05) is 25.1 Å². The summed E-state index contributed by atoms with van der Waals surface area (Å²) in [5, 5.41) is 9.23. The van der Waals surface area contributed by atoms with Crippen molar-refractivity contribution in [3.8, 4) is 5.75 Å². The molecule has 0 radical (unpaired) electrons. The number of hydrogen-bond donors (Lipinski definition) is 1. The summed E-state index contributed by atoms with van der Waals surface area (Å²) < 4.78 is 0. The van der Waals surface area contributed by atoms with E-state index in [4.69, 9.17) is 11.6 Å². The van der Waals surface area contributed by atoms with Gasteiger partial charge in [-0.2, -0.15) is 0 Å². The van der Waals surface area contributed by atoms with Gasteiger partial charge in [-0.3, -0.25) is 0 Å². The van der Waals surface area contributed by atoms with Gasteiger partial charge in [-0.25, -0.2) is 0 Å². The van der Waals surface area contributed by atoms with Gasteiger partial charge in [0.15, 0.2) is 0 Å². The second kappa shape index (κ2) is 4.17. The van der Waals surface area contributed by atoms with E-state index in [0.29, 0.717) is 5.75 Å². The average Bonchev–Trinajstić information content (AvgIpc) is 2.07. The monoisotopic (exact) mass is 182 g/mol. The molecule has 0 bridgehead atoms. The second-order valence-corrected chi connectivity index (χ2v) is 2.94. The van der Waals surface area contributed by atoms with Crippen LogP contribution >= 0.6 is 11.6 Å². The molecule has 64 valence electrons. The van der Waals surface area contributed by atoms with Crippen LogP contribution in [0.4, 0.5) is 0 Å². The van der Waals surface area contributed by atoms with Crippen LogP contribution in [0.5, 0.6) is 5.75 Å². The zero-order chi connectivity index (χ0) is 8.97. The summed E-state index contributed by atoms with van der Waals surface area (Å²) in [6, 6.07) is 5.54. The molecule has 0 aliphatic rings. The van der Waals surface area contributed by atoms with E-state index < -0.39 is 0 Å². The van der Waals surface area contributed by atoms with Crippen LogP contribution in [0, 0.1) is 6.92 Å². The molecule has 0 aromatic heterocycles. The first-order valence-electron chi connectivity index (χ1n) is 3.77. The predicted octanol–water partition coefficient (Wildman–Crippen LogP) is 3.00. The van der Waals surface area contributed by atoms with Gasteiger partial charge in [-0.05, 0) is 30.5 Å². The fraction of sp³-hybridized carbons (Fsp3) is 0.200. The lowest BCUT2D eigenvalue weighted by Gasteiger charge is -2.00. The highest BCUT2D eigenvalue weighted by Crippen LogP contribution is 2.17. The summed E-state index contributed by atoms with van der Waals surface area (Å²) >= 11 is 5.39. The van der Waals surface area contributed by atoms with Gasteiger partial charge >= 0.3 is 0 Å². The van der Waals surface area contributed by atoms with E-state index in [-0.39, 0.29) is 0 Å². The Morgan fingerprint density at radius 2 is 2.25 bits per heavy atom. The van der Waals surface area contributed by atoms with Gasteiger partial charge in [-0.15, -0.1) is 0 Å². The number of phenolic OH excluding ortho intramolecular Hbond substituents is 1. The molecule has 1 nitrogen and oxygen atoms in total. The highest BCUT2D eigenvalue weighted by Gasteiger charge is 1.95. The Balaban J connectivity index is 2.82. The van der Waals surface area contributed by atoms with Crippen LogP contribution in [0.1, 0.15) is 11.1 Å². The number of hydrogen-bond acceptors (Lipinski definition) is 1. The molecule has 0 aliphatic heterocycles. The van der Waals surface area contributed by atoms with Crippen LogP contribution in [-0.2, 0) is 6.42 Å². The van der Waals surface area contributed by atoms with E-state index >= 15 is 0 Å². The molecule has 0 amide bonds. The number of aromatic hydroxyl groups is 1. The number of benzene rings is 1. The quantitative estimate of drug-likeness (QED) is 0.746. The third-order valence-electron chi connectivity index (χ3n) is 1.70. The van der Waals surface area contributed by atoms with Gasteiger partial charge in [0.1, 0.15) is 5.75 Å². The van der Waals surface area contributed by atoms with Gasteiger partial charge in [-0.1, -0.05) is 29.8 Å². The SMILES string of the molecule is Cc1cc(C/C=C/Cl)ccc1O. The molecule has 2 heteroatoms. The lowest BCUT2D eigenvalue weighted by molar-refractivity contribution is 0.471. The molecular weight excluding hydrogens is 172 g/mol. The zero-order valence-corrected chi connectivity index (χ0v) is 7.67. The minimum atomic E-state index is 0.341. The largest absolute Gasteiger partial charge is 0.508 e. The minimum absolute atomic E-state index is 0.341. The zero-order valence-electron chi connectivity index (χ0n) is 6.92. The van der Waals surface area contributed by atoms with Crippen molar-refractivity contribution in [1.29, 1.82) is 0 Å². The van der Waals surface area contributed by atoms with E-state index in [0.717, 1.165) is 17.5 Å². The van der Waals surface area contributed by atoms with Crippen molar-refractivity contribution in [3.63, 3.8) is 0 Å². The predicted molar refractivity (Wildman–Crippen MR) is 51.5 cm³/mol. The molecule has 1 aromatic carbocycles. The fourth-order valence-electron chi connectivity index (χ4n) is 1.03. The molecular formula is C10H11ClO. The first-order chi connectivity index (χ1) is 5.74. The van der Waals surface area contributed by atoms with Crippen molar-refractivity contribution in [2.24, 2.45) is 0 Å². The van der Waals surface area contributed by atoms with E-state index in [2.05, 4.69) is 0 Å². The van der Waals surface area contributed by atoms with Crippen molar-refractivity contribution < 1.29 is 5.11 Å². The van der Waals surface area contributed by atoms with Crippen molar-refractivity contribution >= 4 is 11.6 Å². The Hall–Kier alpha value is -0.950. The molecule has 12 heavy (non-hydrogen) atoms. The molecule has 0 saturated heterocycles. The van der Waals surface area contributed by atoms with Crippen LogP contribution < -0.4 is 0 Å². The molecule has 1 rings (SSSR count). The smallest absolute Gasteiger partial charge is 0.118 e. The van der Waals surface area contributed by atoms with Crippen molar-refractivity contribution in [2.75, 3.05) is 0 Å². The summed E-state index contributed by atoms with van der Waals surface area (Å²) in [5.74, 6) is 0.341. The first kappa shape index (κ1) is 9.14. The number of rotatable bonds is 2. The van der Waals surface area contributed by atoms with Crippen molar-refractivity contribution in [3.05, 3.63) is 40.9 Å². The fourth-order valence-corrected chi connectivity index (χ4v) is 1.11. The van der Waals surface area contributed by atoms with Gasteiger partial charge in [0.25, 0.3) is 0 Å². The van der Waals surface area contributed by atoms with E-state index in [1.54, 1.807) is 6.07 Å². The van der Waals surface area contributed by atoms with Gasteiger partial charge in [0, 0.05) is 5.54 Å². The normalized spacial score (nSPS) is 10.8. The van der Waals surface area contributed by atoms with Gasteiger partial charge in [0.05, 0.1) is 0 Å². The highest BCUT2D eigenvalue weighted by molar-refractivity contribution is 6.25. The lowest BCUT2D eigenvalue weighted by atomic mass is 10.1. The first-order valence-corrected chi connectivity index (χ1v) is 4.21. The van der Waals surface area contributed by atoms with Crippen LogP contribution in [0.25, 0.3) is 0 Å². The summed E-state index contributed by atoms with van der Waals surface area (Å²) in [7, 11) is 0. The minimum Gasteiger partial charge on any atom is -0.508 e. The third-order valence-corrected chi connectivity index (χ3v) is 1.88. The molecule has 0 fully saturated rings. The molecule has 0 unspecified atom stereocenters. The Morgan fingerprint density at radius 1 is 1.50 bits per heavy atom. The molecule has 0 spiro atoms. The Kier molecular flexibility index (Phi) is 3.18. The third kappa shape index (κ3) is 2.28. The van der Waals surface area contributed by atoms with Gasteiger partial charge in [0.2, 0.25) is 0 Å². The highest BCUT2D eigenvalue weighted by atomic mass is 35.5. The van der Waals surface area contributed by atoms with E-state index in [1.165, 1.54) is 5.54 Å². The van der Waals surface area contributed by atoms with Crippen molar-refractivity contribution in [2.45, 2.75) is 13.3 Å². The van der Waals surface area contributed by atoms with E-state index in [9.17, 15) is 5.11 Å². The molecule has 1 N–H and O–H groups in total. The maximum atomic E-state index is 9.23. The van der Waals surface area contributed by atoms with Crippen molar-refractivity contribution in [1.82, 2.24) is 0 Å². The second-order valence-electron chi connectivity index (χ2n) is 2.69. The van der Waals surface area contributed by atoms with Crippen LogP contribution in [0.15, 0.2) is 29.8 Å². The topological polar surface area (TPSA) is 20.2 Å². The number of halogens is 1. The Labute approximate surface area is 77.3 Å². The van der Waals surface area contributed by atoms with Crippen LogP contribution in [-0.4, -0.2) is 5.11 Å². The molecule has 0 saturated carbocycles. The Morgan fingerprint density at radius 3 is 2.83 bits per heavy atom. The summed E-state index contributed by atoms with van der Waals surface area (Å²) in [4.78, 5) is 0. The average molecular weight is 183 g/mol. The van der Waals surface area contributed by atoms with Crippen LogP contribution in [0.2, 0.25) is 0 Å². The number of aryl methyl sites for hydroxylation is 1. The lowest BCUT2D eigenvalue weighted by Crippen LogP contribution is -1.82. The Bertz CT molecular complexity index is 292. The maximum absolute atomic E-state index is 9.23. The molecule has 0 heterocycles. The summed E-state index contributed by atoms with van der Waals surface area (Å²) in [6.07, 6.45) is 2.68. The van der Waals surface area contributed by atoms with Crippen LogP contribution in [0.3, 0.4) is 0 Å². The van der Waals surface area contributed by atoms with Gasteiger partial charge < -0.3 is 5.11 Å². The standard InChI is InChI=1S/C10H11ClO/c1-8-7-9(3-2-6-11)4-5-10(8)12/h2,4-7,12H,3H2,1H3/b6-2+. The molecule has 0 atom stereocenters. The summed E-state index contributed by atoms with van der Waals surface area (Å²) in [5.41, 5.74) is 3.56. The molecule has 0 aliphatic carbocycles. The number of allylic oxidation sites excluding steroid dienone is 1. The summed E-state index contributed by atoms with van der Waals surface area (Å²) in [6.45, 7) is 1.88. The maximum Gasteiger partial charge on any atom is 0.118 e. The molecule has 1 aromatic rings. The number of phenols is 1.